The summed E-state index contributed by atoms with van der Waals surface area (Å²) in [5, 5.41) is 5.96. The quantitative estimate of drug-likeness (QED) is 0.790. The molecular formula is C17H27N3O3. The van der Waals surface area contributed by atoms with Crippen LogP contribution in [0.2, 0.25) is 0 Å². The Balaban J connectivity index is 2.26. The Labute approximate surface area is 138 Å². The number of carbonyl (C=O) groups excluding carboxylic acids is 2. The highest BCUT2D eigenvalue weighted by Gasteiger charge is 2.15. The van der Waals surface area contributed by atoms with E-state index in [1.54, 1.807) is 31.1 Å². The molecule has 0 unspecified atom stereocenters. The molecule has 0 saturated carbocycles. The first-order valence-corrected chi connectivity index (χ1v) is 7.71. The van der Waals surface area contributed by atoms with Gasteiger partial charge in [-0.2, -0.15) is 0 Å². The summed E-state index contributed by atoms with van der Waals surface area (Å²) in [6, 6.07) is 7.34. The number of benzene rings is 1. The lowest BCUT2D eigenvalue weighted by Crippen LogP contribution is -2.33. The lowest BCUT2D eigenvalue weighted by atomic mass is 10.2. The van der Waals surface area contributed by atoms with Crippen molar-refractivity contribution in [3.63, 3.8) is 0 Å². The SMILES string of the molecule is CN(C)C(=O)c1ccc(NCCCNC(=O)OC(C)(C)C)cc1. The number of carbonyl (C=O) groups is 2. The number of ether oxygens (including phenoxy) is 1. The lowest BCUT2D eigenvalue weighted by Gasteiger charge is -2.19. The summed E-state index contributed by atoms with van der Waals surface area (Å²) in [5.41, 5.74) is 1.12. The van der Waals surface area contributed by atoms with Crippen LogP contribution in [0.1, 0.15) is 37.6 Å². The molecule has 0 aliphatic rings. The standard InChI is InChI=1S/C17H27N3O3/c1-17(2,3)23-16(22)19-12-6-11-18-14-9-7-13(8-10-14)15(21)20(4)5/h7-10,18H,6,11-12H2,1-5H3,(H,19,22). The molecule has 128 valence electrons. The van der Waals surface area contributed by atoms with Gasteiger partial charge < -0.3 is 20.3 Å². The Bertz CT molecular complexity index is 519. The van der Waals surface area contributed by atoms with Crippen LogP contribution in [0.15, 0.2) is 24.3 Å². The second kappa shape index (κ2) is 8.41. The first-order chi connectivity index (χ1) is 10.7. The number of nitrogens with one attached hydrogen (secondary N) is 2. The number of alkyl carbamates (subject to hydrolysis) is 1. The molecule has 23 heavy (non-hydrogen) atoms. The van der Waals surface area contributed by atoms with E-state index in [2.05, 4.69) is 10.6 Å². The van der Waals surface area contributed by atoms with Crippen molar-refractivity contribution in [1.82, 2.24) is 10.2 Å². The summed E-state index contributed by atoms with van der Waals surface area (Å²) < 4.78 is 5.15. The van der Waals surface area contributed by atoms with Gasteiger partial charge in [-0.3, -0.25) is 4.79 Å². The molecule has 0 atom stereocenters. The largest absolute Gasteiger partial charge is 0.444 e. The summed E-state index contributed by atoms with van der Waals surface area (Å²) >= 11 is 0. The molecule has 0 heterocycles. The second-order valence-corrected chi connectivity index (χ2v) is 6.49. The molecule has 6 nitrogen and oxygen atoms in total. The number of hydrogen-bond acceptors (Lipinski definition) is 4. The van der Waals surface area contributed by atoms with Gasteiger partial charge >= 0.3 is 6.09 Å². The minimum absolute atomic E-state index is 0.0156. The van der Waals surface area contributed by atoms with Crippen molar-refractivity contribution in [2.45, 2.75) is 32.8 Å². The smallest absolute Gasteiger partial charge is 0.407 e. The fourth-order valence-corrected chi connectivity index (χ4v) is 1.81. The minimum atomic E-state index is -0.478. The Morgan fingerprint density at radius 3 is 2.22 bits per heavy atom. The lowest BCUT2D eigenvalue weighted by molar-refractivity contribution is 0.0527. The predicted octanol–water partition coefficient (Wildman–Crippen LogP) is 2.72. The van der Waals surface area contributed by atoms with Crippen molar-refractivity contribution in [3.05, 3.63) is 29.8 Å². The number of rotatable bonds is 6. The Hall–Kier alpha value is -2.24. The summed E-state index contributed by atoms with van der Waals surface area (Å²) in [4.78, 5) is 24.8. The molecule has 6 heteroatoms. The molecular weight excluding hydrogens is 294 g/mol. The summed E-state index contributed by atoms with van der Waals surface area (Å²) in [6.45, 7) is 6.76. The Morgan fingerprint density at radius 1 is 1.09 bits per heavy atom. The molecule has 1 aromatic carbocycles. The van der Waals surface area contributed by atoms with Gasteiger partial charge in [-0.05, 0) is 51.5 Å². The summed E-state index contributed by atoms with van der Waals surface area (Å²) in [7, 11) is 3.46. The highest BCUT2D eigenvalue weighted by molar-refractivity contribution is 5.94. The zero-order valence-corrected chi connectivity index (χ0v) is 14.6. The van der Waals surface area contributed by atoms with Gasteiger partial charge in [0.15, 0.2) is 0 Å². The summed E-state index contributed by atoms with van der Waals surface area (Å²) in [6.07, 6.45) is 0.376. The third-order valence-corrected chi connectivity index (χ3v) is 2.89. The monoisotopic (exact) mass is 321 g/mol. The number of hydrogen-bond donors (Lipinski definition) is 2. The van der Waals surface area contributed by atoms with Gasteiger partial charge in [0.25, 0.3) is 5.91 Å². The van der Waals surface area contributed by atoms with Gasteiger partial charge in [0.1, 0.15) is 5.60 Å². The average Bonchev–Trinajstić information content (AvgIpc) is 2.45. The van der Waals surface area contributed by atoms with Crippen molar-refractivity contribution >= 4 is 17.7 Å². The maximum absolute atomic E-state index is 11.8. The topological polar surface area (TPSA) is 70.7 Å². The molecule has 0 bridgehead atoms. The predicted molar refractivity (Wildman–Crippen MR) is 91.8 cm³/mol. The minimum Gasteiger partial charge on any atom is -0.444 e. The van der Waals surface area contributed by atoms with Crippen molar-refractivity contribution in [2.75, 3.05) is 32.5 Å². The zero-order chi connectivity index (χ0) is 17.5. The third-order valence-electron chi connectivity index (χ3n) is 2.89. The Morgan fingerprint density at radius 2 is 1.70 bits per heavy atom. The van der Waals surface area contributed by atoms with E-state index in [1.807, 2.05) is 32.9 Å². The van der Waals surface area contributed by atoms with Gasteiger partial charge in [-0.15, -0.1) is 0 Å². The average molecular weight is 321 g/mol. The van der Waals surface area contributed by atoms with Crippen molar-refractivity contribution in [1.29, 1.82) is 0 Å². The van der Waals surface area contributed by atoms with Gasteiger partial charge in [0.05, 0.1) is 0 Å². The van der Waals surface area contributed by atoms with Crippen molar-refractivity contribution in [2.24, 2.45) is 0 Å². The fourth-order valence-electron chi connectivity index (χ4n) is 1.81. The van der Waals surface area contributed by atoms with Crippen molar-refractivity contribution in [3.8, 4) is 0 Å². The van der Waals surface area contributed by atoms with E-state index in [0.717, 1.165) is 18.7 Å². The zero-order valence-electron chi connectivity index (χ0n) is 14.6. The first-order valence-electron chi connectivity index (χ1n) is 7.71. The first kappa shape index (κ1) is 18.8. The number of nitrogens with zero attached hydrogens (tertiary/aromatic N) is 1. The molecule has 0 radical (unpaired) electrons. The van der Waals surface area contributed by atoms with Crippen LogP contribution >= 0.6 is 0 Å². The molecule has 0 fully saturated rings. The number of anilines is 1. The molecule has 0 spiro atoms. The Kier molecular flexibility index (Phi) is 6.88. The van der Waals surface area contributed by atoms with Gasteiger partial charge in [0, 0.05) is 38.4 Å². The maximum atomic E-state index is 11.8. The van der Waals surface area contributed by atoms with Gasteiger partial charge in [-0.1, -0.05) is 0 Å². The van der Waals surface area contributed by atoms with Crippen LogP contribution in [0.25, 0.3) is 0 Å². The molecule has 0 aliphatic heterocycles. The molecule has 2 N–H and O–H groups in total. The third kappa shape index (κ3) is 7.54. The summed E-state index contributed by atoms with van der Waals surface area (Å²) in [5.74, 6) is -0.0156. The molecule has 2 amide bonds. The normalized spacial score (nSPS) is 10.8. The molecule has 0 saturated heterocycles. The second-order valence-electron chi connectivity index (χ2n) is 6.49. The van der Waals surface area contributed by atoms with E-state index in [4.69, 9.17) is 4.74 Å². The fraction of sp³-hybridized carbons (Fsp3) is 0.529. The highest BCUT2D eigenvalue weighted by Crippen LogP contribution is 2.10. The van der Waals surface area contributed by atoms with Crippen LogP contribution in [-0.2, 0) is 4.74 Å². The van der Waals surface area contributed by atoms with Gasteiger partial charge in [-0.25, -0.2) is 4.79 Å². The highest BCUT2D eigenvalue weighted by atomic mass is 16.6. The van der Waals surface area contributed by atoms with E-state index in [1.165, 1.54) is 0 Å². The molecule has 0 aromatic heterocycles. The van der Waals surface area contributed by atoms with Crippen LogP contribution in [0.5, 0.6) is 0 Å². The van der Waals surface area contributed by atoms with E-state index in [9.17, 15) is 9.59 Å². The van der Waals surface area contributed by atoms with Crippen LogP contribution in [-0.4, -0.2) is 49.7 Å². The molecule has 1 aromatic rings. The maximum Gasteiger partial charge on any atom is 0.407 e. The van der Waals surface area contributed by atoms with Crippen LogP contribution in [0.4, 0.5) is 10.5 Å². The van der Waals surface area contributed by atoms with E-state index >= 15 is 0 Å². The van der Waals surface area contributed by atoms with E-state index < -0.39 is 11.7 Å². The molecule has 1 rings (SSSR count). The molecule has 0 aliphatic carbocycles. The number of amides is 2. The van der Waals surface area contributed by atoms with Crippen LogP contribution in [0, 0.1) is 0 Å². The van der Waals surface area contributed by atoms with Crippen LogP contribution < -0.4 is 10.6 Å². The van der Waals surface area contributed by atoms with Crippen molar-refractivity contribution < 1.29 is 14.3 Å². The van der Waals surface area contributed by atoms with E-state index in [-0.39, 0.29) is 5.91 Å². The van der Waals surface area contributed by atoms with E-state index in [0.29, 0.717) is 12.1 Å². The van der Waals surface area contributed by atoms with Gasteiger partial charge in [0.2, 0.25) is 0 Å². The van der Waals surface area contributed by atoms with Crippen LogP contribution in [0.3, 0.4) is 0 Å².